The molecule has 3 rings (SSSR count). The molecule has 0 aliphatic heterocycles. The molecule has 0 aliphatic carbocycles. The van der Waals surface area contributed by atoms with Crippen LogP contribution in [0, 0.1) is 12.8 Å². The zero-order chi connectivity index (χ0) is 27.9. The number of methoxy groups -OCH3 is 2. The minimum atomic E-state index is -2.16. The zero-order valence-electron chi connectivity index (χ0n) is 24.5. The average Bonchev–Trinajstić information content (AvgIpc) is 3.34. The van der Waals surface area contributed by atoms with E-state index in [1.165, 1.54) is 5.56 Å². The van der Waals surface area contributed by atoms with Gasteiger partial charge < -0.3 is 19.0 Å². The summed E-state index contributed by atoms with van der Waals surface area (Å²) in [6.07, 6.45) is 6.50. The van der Waals surface area contributed by atoms with Crippen molar-refractivity contribution in [2.75, 3.05) is 14.2 Å². The van der Waals surface area contributed by atoms with E-state index in [1.807, 2.05) is 17.8 Å². The summed E-state index contributed by atoms with van der Waals surface area (Å²) in [5.41, 5.74) is 4.19. The highest BCUT2D eigenvalue weighted by Gasteiger charge is 2.41. The van der Waals surface area contributed by atoms with Gasteiger partial charge in [-0.3, -0.25) is 4.68 Å². The van der Waals surface area contributed by atoms with Crippen molar-refractivity contribution in [3.8, 4) is 11.5 Å². The van der Waals surface area contributed by atoms with Crippen LogP contribution in [0.4, 0.5) is 0 Å². The molecular formula is C31H46N2O4Si. The van der Waals surface area contributed by atoms with Crippen molar-refractivity contribution in [1.82, 2.24) is 9.78 Å². The number of hydrogen-bond donors (Lipinski definition) is 1. The van der Waals surface area contributed by atoms with E-state index in [0.29, 0.717) is 6.54 Å². The Bertz CT molecular complexity index is 1130. The van der Waals surface area contributed by atoms with E-state index in [-0.39, 0.29) is 23.7 Å². The van der Waals surface area contributed by atoms with E-state index >= 15 is 0 Å². The van der Waals surface area contributed by atoms with E-state index in [9.17, 15) is 5.11 Å². The predicted molar refractivity (Wildman–Crippen MR) is 156 cm³/mol. The number of ether oxygens (including phenoxy) is 2. The molecule has 2 aromatic carbocycles. The van der Waals surface area contributed by atoms with Crippen LogP contribution in [0.15, 0.2) is 54.9 Å². The molecule has 0 radical (unpaired) electrons. The van der Waals surface area contributed by atoms with E-state index in [4.69, 9.17) is 13.9 Å². The Balaban J connectivity index is 2.05. The second-order valence-electron chi connectivity index (χ2n) is 11.7. The van der Waals surface area contributed by atoms with Crippen LogP contribution in [0.2, 0.25) is 18.1 Å². The molecule has 38 heavy (non-hydrogen) atoms. The summed E-state index contributed by atoms with van der Waals surface area (Å²) < 4.78 is 20.7. The van der Waals surface area contributed by atoms with Crippen LogP contribution in [0.1, 0.15) is 62.0 Å². The first kappa shape index (κ1) is 29.9. The van der Waals surface area contributed by atoms with Gasteiger partial charge in [0.25, 0.3) is 0 Å². The van der Waals surface area contributed by atoms with Crippen molar-refractivity contribution in [2.45, 2.75) is 84.3 Å². The van der Waals surface area contributed by atoms with Gasteiger partial charge in [-0.1, -0.05) is 51.1 Å². The van der Waals surface area contributed by atoms with Gasteiger partial charge in [-0.25, -0.2) is 0 Å². The summed E-state index contributed by atoms with van der Waals surface area (Å²) >= 11 is 0. The minimum Gasteiger partial charge on any atom is -0.496 e. The van der Waals surface area contributed by atoms with Crippen molar-refractivity contribution >= 4 is 8.32 Å². The number of aryl methyl sites for hydroxylation is 1. The predicted octanol–water partition coefficient (Wildman–Crippen LogP) is 7.10. The van der Waals surface area contributed by atoms with Crippen LogP contribution in [0.5, 0.6) is 11.5 Å². The monoisotopic (exact) mass is 538 g/mol. The third kappa shape index (κ3) is 7.49. The summed E-state index contributed by atoms with van der Waals surface area (Å²) in [7, 11) is 1.25. The summed E-state index contributed by atoms with van der Waals surface area (Å²) in [5.74, 6) is 1.75. The van der Waals surface area contributed by atoms with E-state index in [2.05, 4.69) is 81.4 Å². The minimum absolute atomic E-state index is 0.0189. The van der Waals surface area contributed by atoms with Gasteiger partial charge in [0.15, 0.2) is 8.32 Å². The molecule has 1 aromatic heterocycles. The zero-order valence-corrected chi connectivity index (χ0v) is 25.5. The van der Waals surface area contributed by atoms with Gasteiger partial charge in [-0.05, 0) is 67.6 Å². The fourth-order valence-corrected chi connectivity index (χ4v) is 5.90. The molecule has 1 unspecified atom stereocenters. The molecule has 3 aromatic rings. The lowest BCUT2D eigenvalue weighted by atomic mass is 9.89. The van der Waals surface area contributed by atoms with Crippen LogP contribution in [0.25, 0.3) is 0 Å². The van der Waals surface area contributed by atoms with Gasteiger partial charge in [0.1, 0.15) is 11.5 Å². The van der Waals surface area contributed by atoms with Crippen LogP contribution >= 0.6 is 0 Å². The molecule has 0 bridgehead atoms. The highest BCUT2D eigenvalue weighted by Crippen LogP contribution is 2.44. The lowest BCUT2D eigenvalue weighted by Gasteiger charge is -2.42. The second kappa shape index (κ2) is 13.0. The fraction of sp³-hybridized carbons (Fsp3) is 0.516. The van der Waals surface area contributed by atoms with Crippen LogP contribution in [0.3, 0.4) is 0 Å². The van der Waals surface area contributed by atoms with Crippen LogP contribution in [-0.2, 0) is 24.0 Å². The first-order valence-electron chi connectivity index (χ1n) is 13.6. The van der Waals surface area contributed by atoms with Gasteiger partial charge in [0.05, 0.1) is 33.1 Å². The van der Waals surface area contributed by atoms with Crippen LogP contribution < -0.4 is 9.47 Å². The third-order valence-electron chi connectivity index (χ3n) is 7.93. The molecule has 0 fully saturated rings. The molecule has 0 saturated heterocycles. The lowest BCUT2D eigenvalue weighted by Crippen LogP contribution is -2.43. The SMILES string of the molecule is COc1cc(C(O[Si](C)(C)C(C)(C)C)[C@H](CCCc2ccccc2)Cn2cc(CO)cn2)cc(OC)c1C. The van der Waals surface area contributed by atoms with Crippen molar-refractivity contribution in [3.63, 3.8) is 0 Å². The Hall–Kier alpha value is -2.61. The highest BCUT2D eigenvalue weighted by molar-refractivity contribution is 6.74. The molecule has 208 valence electrons. The van der Waals surface area contributed by atoms with E-state index < -0.39 is 8.32 Å². The number of hydrogen-bond acceptors (Lipinski definition) is 5. The number of aliphatic hydroxyl groups is 1. The average molecular weight is 539 g/mol. The molecule has 0 spiro atoms. The van der Waals surface area contributed by atoms with Crippen molar-refractivity contribution in [3.05, 3.63) is 77.1 Å². The van der Waals surface area contributed by atoms with Crippen molar-refractivity contribution in [1.29, 1.82) is 0 Å². The number of aliphatic hydroxyl groups excluding tert-OH is 1. The maximum absolute atomic E-state index is 9.62. The Morgan fingerprint density at radius 2 is 1.63 bits per heavy atom. The molecule has 7 heteroatoms. The maximum Gasteiger partial charge on any atom is 0.192 e. The Kier molecular flexibility index (Phi) is 10.2. The molecule has 0 saturated carbocycles. The number of aromatic nitrogens is 2. The normalized spacial score (nSPS) is 13.8. The molecular weight excluding hydrogens is 492 g/mol. The molecule has 2 atom stereocenters. The van der Waals surface area contributed by atoms with Gasteiger partial charge in [-0.2, -0.15) is 5.10 Å². The van der Waals surface area contributed by atoms with Crippen molar-refractivity contribution in [2.24, 2.45) is 5.92 Å². The topological polar surface area (TPSA) is 65.7 Å². The Morgan fingerprint density at radius 3 is 2.16 bits per heavy atom. The number of benzene rings is 2. The maximum atomic E-state index is 9.62. The fourth-order valence-electron chi connectivity index (χ4n) is 4.58. The first-order chi connectivity index (χ1) is 18.0. The number of rotatable bonds is 13. The van der Waals surface area contributed by atoms with Gasteiger partial charge in [0.2, 0.25) is 0 Å². The first-order valence-corrected chi connectivity index (χ1v) is 16.5. The molecule has 0 amide bonds. The standard InChI is InChI=1S/C31H46N2O4Si/c1-23-28(35-5)17-27(18-29(23)36-6)30(37-38(7,8)31(2,3)4)26(21-33-20-25(22-34)19-32-33)16-12-15-24-13-10-9-11-14-24/h9-11,13-14,17-20,26,30,34H,12,15-16,21-22H2,1-8H3/t26-,30?/m1/s1. The Labute approximate surface area is 230 Å². The van der Waals surface area contributed by atoms with Crippen molar-refractivity contribution < 1.29 is 19.0 Å². The summed E-state index contributed by atoms with van der Waals surface area (Å²) in [6, 6.07) is 14.9. The largest absolute Gasteiger partial charge is 0.496 e. The number of nitrogens with zero attached hydrogens (tertiary/aromatic N) is 2. The molecule has 6 nitrogen and oxygen atoms in total. The molecule has 1 heterocycles. The van der Waals surface area contributed by atoms with Gasteiger partial charge in [0, 0.05) is 29.8 Å². The van der Waals surface area contributed by atoms with E-state index in [0.717, 1.165) is 47.5 Å². The van der Waals surface area contributed by atoms with E-state index in [1.54, 1.807) is 20.4 Å². The molecule has 1 N–H and O–H groups in total. The smallest absolute Gasteiger partial charge is 0.192 e. The summed E-state index contributed by atoms with van der Waals surface area (Å²) in [6.45, 7) is 14.1. The van der Waals surface area contributed by atoms with Gasteiger partial charge >= 0.3 is 0 Å². The summed E-state index contributed by atoms with van der Waals surface area (Å²) in [5, 5.41) is 14.2. The molecule has 0 aliphatic rings. The quantitative estimate of drug-likeness (QED) is 0.235. The lowest BCUT2D eigenvalue weighted by molar-refractivity contribution is 0.0969. The van der Waals surface area contributed by atoms with Gasteiger partial charge in [-0.15, -0.1) is 0 Å². The van der Waals surface area contributed by atoms with Crippen LogP contribution in [-0.4, -0.2) is 37.4 Å². The summed E-state index contributed by atoms with van der Waals surface area (Å²) in [4.78, 5) is 0. The highest BCUT2D eigenvalue weighted by atomic mass is 28.4. The third-order valence-corrected chi connectivity index (χ3v) is 12.4. The second-order valence-corrected chi connectivity index (χ2v) is 16.5. The Morgan fingerprint density at radius 1 is 1.00 bits per heavy atom.